The lowest BCUT2D eigenvalue weighted by Gasteiger charge is -2.09. The van der Waals surface area contributed by atoms with Crippen LogP contribution >= 0.6 is 0 Å². The first-order valence-corrected chi connectivity index (χ1v) is 6.76. The summed E-state index contributed by atoms with van der Waals surface area (Å²) in [5.41, 5.74) is 3.73. The first-order valence-electron chi connectivity index (χ1n) is 6.76. The van der Waals surface area contributed by atoms with Crippen LogP contribution in [-0.4, -0.2) is 26.0 Å². The molecule has 0 aliphatic carbocycles. The van der Waals surface area contributed by atoms with Crippen LogP contribution in [0.1, 0.15) is 5.56 Å². The summed E-state index contributed by atoms with van der Waals surface area (Å²) >= 11 is 0. The Kier molecular flexibility index (Phi) is 3.87. The maximum Gasteiger partial charge on any atom is 0.307 e. The second kappa shape index (κ2) is 6.13. The first kappa shape index (κ1) is 13.9. The monoisotopic (exact) mass is 291 g/mol. The molecule has 0 aliphatic rings. The standard InChI is InChI=1S/C17H13N3O2/c21-16(22)9-12-5-6-15(13-3-1-7-18-10-13)20-17(12)14-4-2-8-19-11-14/h1-8,10-11H,9H2,(H,21,22). The molecular weight excluding hydrogens is 278 g/mol. The van der Waals surface area contributed by atoms with Crippen molar-refractivity contribution in [2.75, 3.05) is 0 Å². The highest BCUT2D eigenvalue weighted by Crippen LogP contribution is 2.25. The van der Waals surface area contributed by atoms with E-state index in [1.54, 1.807) is 36.9 Å². The Bertz CT molecular complexity index is 790. The minimum atomic E-state index is -0.888. The summed E-state index contributed by atoms with van der Waals surface area (Å²) in [5.74, 6) is -0.888. The van der Waals surface area contributed by atoms with Crippen molar-refractivity contribution in [2.45, 2.75) is 6.42 Å². The summed E-state index contributed by atoms with van der Waals surface area (Å²) in [6.45, 7) is 0. The predicted octanol–water partition coefficient (Wildman–Crippen LogP) is 2.83. The number of carbonyl (C=O) groups is 1. The van der Waals surface area contributed by atoms with E-state index in [1.165, 1.54) is 0 Å². The lowest BCUT2D eigenvalue weighted by molar-refractivity contribution is -0.136. The van der Waals surface area contributed by atoms with E-state index in [9.17, 15) is 4.79 Å². The van der Waals surface area contributed by atoms with Crippen molar-refractivity contribution in [2.24, 2.45) is 0 Å². The van der Waals surface area contributed by atoms with Crippen molar-refractivity contribution in [1.29, 1.82) is 0 Å². The van der Waals surface area contributed by atoms with Crippen LogP contribution in [0.4, 0.5) is 0 Å². The van der Waals surface area contributed by atoms with Crippen molar-refractivity contribution >= 4 is 5.97 Å². The normalized spacial score (nSPS) is 10.4. The maximum atomic E-state index is 11.1. The fourth-order valence-corrected chi connectivity index (χ4v) is 2.22. The summed E-state index contributed by atoms with van der Waals surface area (Å²) in [6, 6.07) is 11.0. The van der Waals surface area contributed by atoms with E-state index in [-0.39, 0.29) is 6.42 Å². The van der Waals surface area contributed by atoms with Crippen LogP contribution in [-0.2, 0) is 11.2 Å². The van der Waals surface area contributed by atoms with Crippen LogP contribution in [0.15, 0.2) is 61.2 Å². The predicted molar refractivity (Wildman–Crippen MR) is 82.0 cm³/mol. The summed E-state index contributed by atoms with van der Waals surface area (Å²) in [6.07, 6.45) is 6.70. The molecule has 3 rings (SSSR count). The van der Waals surface area contributed by atoms with Gasteiger partial charge in [-0.05, 0) is 35.9 Å². The third-order valence-electron chi connectivity index (χ3n) is 3.21. The Balaban J connectivity index is 2.12. The highest BCUT2D eigenvalue weighted by molar-refractivity contribution is 5.76. The number of hydrogen-bond acceptors (Lipinski definition) is 4. The number of carboxylic acid groups (broad SMARTS) is 1. The number of carboxylic acids is 1. The molecule has 0 aliphatic heterocycles. The summed E-state index contributed by atoms with van der Waals surface area (Å²) in [5, 5.41) is 9.07. The molecule has 3 heterocycles. The van der Waals surface area contributed by atoms with E-state index in [4.69, 9.17) is 5.11 Å². The van der Waals surface area contributed by atoms with E-state index in [2.05, 4.69) is 15.0 Å². The van der Waals surface area contributed by atoms with Gasteiger partial charge in [-0.15, -0.1) is 0 Å². The van der Waals surface area contributed by atoms with Gasteiger partial charge in [-0.3, -0.25) is 14.8 Å². The molecule has 1 N–H and O–H groups in total. The van der Waals surface area contributed by atoms with Crippen molar-refractivity contribution in [3.8, 4) is 22.5 Å². The Hall–Kier alpha value is -3.08. The van der Waals surface area contributed by atoms with Gasteiger partial charge in [0.15, 0.2) is 0 Å². The molecule has 3 aromatic heterocycles. The van der Waals surface area contributed by atoms with Crippen LogP contribution in [0.3, 0.4) is 0 Å². The van der Waals surface area contributed by atoms with Crippen LogP contribution < -0.4 is 0 Å². The van der Waals surface area contributed by atoms with Crippen molar-refractivity contribution in [3.63, 3.8) is 0 Å². The summed E-state index contributed by atoms with van der Waals surface area (Å²) < 4.78 is 0. The fourth-order valence-electron chi connectivity index (χ4n) is 2.22. The molecule has 0 radical (unpaired) electrons. The van der Waals surface area contributed by atoms with Crippen molar-refractivity contribution in [3.05, 3.63) is 66.7 Å². The van der Waals surface area contributed by atoms with E-state index < -0.39 is 5.97 Å². The highest BCUT2D eigenvalue weighted by Gasteiger charge is 2.12. The first-order chi connectivity index (χ1) is 10.7. The highest BCUT2D eigenvalue weighted by atomic mass is 16.4. The van der Waals surface area contributed by atoms with Crippen molar-refractivity contribution in [1.82, 2.24) is 15.0 Å². The molecule has 0 atom stereocenters. The number of pyridine rings is 3. The summed E-state index contributed by atoms with van der Waals surface area (Å²) in [7, 11) is 0. The smallest absolute Gasteiger partial charge is 0.307 e. The third-order valence-corrected chi connectivity index (χ3v) is 3.21. The molecule has 0 saturated heterocycles. The second-order valence-electron chi connectivity index (χ2n) is 4.76. The Labute approximate surface area is 127 Å². The van der Waals surface area contributed by atoms with Gasteiger partial charge in [0.1, 0.15) is 0 Å². The molecule has 0 saturated carbocycles. The topological polar surface area (TPSA) is 76.0 Å². The van der Waals surface area contributed by atoms with Crippen LogP contribution in [0, 0.1) is 0 Å². The summed E-state index contributed by atoms with van der Waals surface area (Å²) in [4.78, 5) is 23.8. The molecule has 0 fully saturated rings. The Morgan fingerprint density at radius 3 is 2.23 bits per heavy atom. The zero-order chi connectivity index (χ0) is 15.4. The average molecular weight is 291 g/mol. The van der Waals surface area contributed by atoms with E-state index in [0.29, 0.717) is 11.3 Å². The van der Waals surface area contributed by atoms with E-state index in [0.717, 1.165) is 16.8 Å². The molecule has 0 aromatic carbocycles. The average Bonchev–Trinajstić information content (AvgIpc) is 2.56. The molecule has 22 heavy (non-hydrogen) atoms. The molecular formula is C17H13N3O2. The second-order valence-corrected chi connectivity index (χ2v) is 4.76. The fraction of sp³-hybridized carbons (Fsp3) is 0.0588. The van der Waals surface area contributed by atoms with Gasteiger partial charge in [0.25, 0.3) is 0 Å². The number of hydrogen-bond donors (Lipinski definition) is 1. The van der Waals surface area contributed by atoms with Crippen molar-refractivity contribution < 1.29 is 9.90 Å². The van der Waals surface area contributed by atoms with Gasteiger partial charge >= 0.3 is 5.97 Å². The van der Waals surface area contributed by atoms with Crippen LogP contribution in [0.2, 0.25) is 0 Å². The SMILES string of the molecule is O=C(O)Cc1ccc(-c2cccnc2)nc1-c1cccnc1. The lowest BCUT2D eigenvalue weighted by atomic mass is 10.0. The third kappa shape index (κ3) is 2.98. The zero-order valence-corrected chi connectivity index (χ0v) is 11.7. The quantitative estimate of drug-likeness (QED) is 0.800. The van der Waals surface area contributed by atoms with E-state index in [1.807, 2.05) is 24.3 Å². The van der Waals surface area contributed by atoms with Gasteiger partial charge in [-0.2, -0.15) is 0 Å². The van der Waals surface area contributed by atoms with Crippen LogP contribution in [0.5, 0.6) is 0 Å². The number of rotatable bonds is 4. The molecule has 0 amide bonds. The Morgan fingerprint density at radius 1 is 0.955 bits per heavy atom. The largest absolute Gasteiger partial charge is 0.481 e. The van der Waals surface area contributed by atoms with Gasteiger partial charge < -0.3 is 5.11 Å². The lowest BCUT2D eigenvalue weighted by Crippen LogP contribution is -2.04. The number of aromatic nitrogens is 3. The molecule has 0 spiro atoms. The van der Waals surface area contributed by atoms with Gasteiger partial charge in [0.2, 0.25) is 0 Å². The zero-order valence-electron chi connectivity index (χ0n) is 11.7. The minimum absolute atomic E-state index is 0.0788. The molecule has 3 aromatic rings. The van der Waals surface area contributed by atoms with Crippen LogP contribution in [0.25, 0.3) is 22.5 Å². The van der Waals surface area contributed by atoms with Gasteiger partial charge in [0.05, 0.1) is 17.8 Å². The van der Waals surface area contributed by atoms with Gasteiger partial charge in [-0.1, -0.05) is 6.07 Å². The number of aliphatic carboxylic acids is 1. The van der Waals surface area contributed by atoms with E-state index >= 15 is 0 Å². The molecule has 0 unspecified atom stereocenters. The molecule has 5 nitrogen and oxygen atoms in total. The maximum absolute atomic E-state index is 11.1. The minimum Gasteiger partial charge on any atom is -0.481 e. The Morgan fingerprint density at radius 2 is 1.64 bits per heavy atom. The van der Waals surface area contributed by atoms with Gasteiger partial charge in [-0.25, -0.2) is 4.98 Å². The number of nitrogens with zero attached hydrogens (tertiary/aromatic N) is 3. The molecule has 108 valence electrons. The van der Waals surface area contributed by atoms with Gasteiger partial charge in [0, 0.05) is 35.9 Å². The molecule has 0 bridgehead atoms. The molecule has 5 heteroatoms.